The largest absolute Gasteiger partial charge is 0.489 e. The summed E-state index contributed by atoms with van der Waals surface area (Å²) in [7, 11) is 0. The quantitative estimate of drug-likeness (QED) is 0.615. The molecule has 1 aromatic rings. The summed E-state index contributed by atoms with van der Waals surface area (Å²) in [5.41, 5.74) is 1.93. The Morgan fingerprint density at radius 3 is 2.36 bits per heavy atom. The molecule has 154 valence electrons. The highest BCUT2D eigenvalue weighted by Crippen LogP contribution is 2.57. The number of hydrogen-bond donors (Lipinski definition) is 2. The van der Waals surface area contributed by atoms with E-state index in [1.807, 2.05) is 19.1 Å². The normalized spacial score (nSPS) is 26.9. The molecular weight excluding hydrogens is 357 g/mol. The lowest BCUT2D eigenvalue weighted by Gasteiger charge is -2.52. The van der Waals surface area contributed by atoms with Crippen LogP contribution in [0.5, 0.6) is 5.75 Å². The third-order valence-electron chi connectivity index (χ3n) is 6.85. The molecule has 0 aliphatic heterocycles. The predicted molar refractivity (Wildman–Crippen MR) is 108 cm³/mol. The number of aliphatic hydroxyl groups excluding tert-OH is 1. The molecular formula is C23H32FNO3. The van der Waals surface area contributed by atoms with Crippen molar-refractivity contribution in [2.24, 2.45) is 5.41 Å². The van der Waals surface area contributed by atoms with Crippen LogP contribution >= 0.6 is 0 Å². The van der Waals surface area contributed by atoms with Gasteiger partial charge in [0.05, 0.1) is 6.33 Å². The Kier molecular flexibility index (Phi) is 6.76. The van der Waals surface area contributed by atoms with Gasteiger partial charge in [-0.15, -0.1) is 0 Å². The van der Waals surface area contributed by atoms with Crippen molar-refractivity contribution in [1.82, 2.24) is 5.32 Å². The summed E-state index contributed by atoms with van der Waals surface area (Å²) in [5, 5.41) is 11.9. The fourth-order valence-corrected chi connectivity index (χ4v) is 4.72. The van der Waals surface area contributed by atoms with E-state index in [0.29, 0.717) is 31.3 Å². The van der Waals surface area contributed by atoms with Gasteiger partial charge in [0.15, 0.2) is 0 Å². The third-order valence-corrected chi connectivity index (χ3v) is 6.85. The van der Waals surface area contributed by atoms with Crippen LogP contribution in [0.2, 0.25) is 0 Å². The maximum absolute atomic E-state index is 12.7. The van der Waals surface area contributed by atoms with Crippen LogP contribution in [0.4, 0.5) is 4.39 Å². The molecule has 5 heteroatoms. The molecule has 0 spiro atoms. The summed E-state index contributed by atoms with van der Waals surface area (Å²) >= 11 is 0. The van der Waals surface area contributed by atoms with Gasteiger partial charge in [-0.2, -0.15) is 0 Å². The van der Waals surface area contributed by atoms with Gasteiger partial charge < -0.3 is 15.2 Å². The second kappa shape index (κ2) is 9.08. The first-order valence-electron chi connectivity index (χ1n) is 10.5. The standard InChI is InChI=1S/C23H32FNO3/c1-2-18(16-24)17-28-20-6-4-19(5-7-20)22-8-11-23(12-9-22,13-10-22)21(27)25-14-3-15-26/h4-7,16,26H,2-3,8-15,17H2,1H3,(H,25,27)/b18-16+. The minimum Gasteiger partial charge on any atom is -0.489 e. The molecule has 3 saturated carbocycles. The molecule has 0 saturated heterocycles. The van der Waals surface area contributed by atoms with Gasteiger partial charge in [-0.3, -0.25) is 4.79 Å². The zero-order valence-corrected chi connectivity index (χ0v) is 16.8. The van der Waals surface area contributed by atoms with Gasteiger partial charge in [-0.25, -0.2) is 4.39 Å². The highest BCUT2D eigenvalue weighted by Gasteiger charge is 2.52. The number of hydrogen-bond acceptors (Lipinski definition) is 3. The lowest BCUT2D eigenvalue weighted by atomic mass is 9.51. The summed E-state index contributed by atoms with van der Waals surface area (Å²) < 4.78 is 18.3. The number of benzene rings is 1. The van der Waals surface area contributed by atoms with Crippen molar-refractivity contribution in [2.45, 2.75) is 63.7 Å². The molecule has 2 bridgehead atoms. The number of nitrogens with one attached hydrogen (secondary N) is 1. The van der Waals surface area contributed by atoms with Crippen LogP contribution in [0.15, 0.2) is 36.2 Å². The zero-order valence-electron chi connectivity index (χ0n) is 16.8. The highest BCUT2D eigenvalue weighted by molar-refractivity contribution is 5.83. The molecule has 0 unspecified atom stereocenters. The zero-order chi connectivity index (χ0) is 20.0. The number of aliphatic hydroxyl groups is 1. The van der Waals surface area contributed by atoms with Gasteiger partial charge in [-0.05, 0) is 80.1 Å². The second-order valence-corrected chi connectivity index (χ2v) is 8.33. The first-order chi connectivity index (χ1) is 13.6. The predicted octanol–water partition coefficient (Wildman–Crippen LogP) is 4.42. The van der Waals surface area contributed by atoms with Crippen LogP contribution in [0.3, 0.4) is 0 Å². The molecule has 4 nitrogen and oxygen atoms in total. The monoisotopic (exact) mass is 389 g/mol. The molecule has 1 aromatic carbocycles. The Morgan fingerprint density at radius 2 is 1.82 bits per heavy atom. The molecule has 3 aliphatic rings. The Bertz CT molecular complexity index is 674. The van der Waals surface area contributed by atoms with Crippen LogP contribution in [0, 0.1) is 5.41 Å². The van der Waals surface area contributed by atoms with Gasteiger partial charge in [0.1, 0.15) is 12.4 Å². The maximum Gasteiger partial charge on any atom is 0.226 e. The van der Waals surface area contributed by atoms with Crippen molar-refractivity contribution >= 4 is 5.91 Å². The topological polar surface area (TPSA) is 58.6 Å². The summed E-state index contributed by atoms with van der Waals surface area (Å²) in [6.45, 7) is 2.86. The SMILES string of the molecule is CC/C(=C\F)COc1ccc(C23CCC(C(=O)NCCCO)(CC2)CC3)cc1. The van der Waals surface area contributed by atoms with Crippen molar-refractivity contribution in [3.8, 4) is 5.75 Å². The molecule has 0 radical (unpaired) electrons. The van der Waals surface area contributed by atoms with E-state index < -0.39 is 0 Å². The van der Waals surface area contributed by atoms with E-state index in [0.717, 1.165) is 44.3 Å². The van der Waals surface area contributed by atoms with Crippen LogP contribution in [-0.2, 0) is 10.2 Å². The van der Waals surface area contributed by atoms with Crippen molar-refractivity contribution in [3.63, 3.8) is 0 Å². The summed E-state index contributed by atoms with van der Waals surface area (Å²) in [6.07, 6.45) is 7.77. The van der Waals surface area contributed by atoms with E-state index in [2.05, 4.69) is 17.4 Å². The molecule has 2 N–H and O–H groups in total. The Morgan fingerprint density at radius 1 is 1.18 bits per heavy atom. The first kappa shape index (κ1) is 20.8. The Hall–Kier alpha value is -1.88. The van der Waals surface area contributed by atoms with E-state index in [9.17, 15) is 9.18 Å². The second-order valence-electron chi connectivity index (χ2n) is 8.33. The van der Waals surface area contributed by atoms with E-state index in [1.54, 1.807) is 0 Å². The number of carbonyl (C=O) groups excluding carboxylic acids is 1. The van der Waals surface area contributed by atoms with E-state index >= 15 is 0 Å². The van der Waals surface area contributed by atoms with Gasteiger partial charge in [0.25, 0.3) is 0 Å². The number of fused-ring (bicyclic) bond motifs is 3. The smallest absolute Gasteiger partial charge is 0.226 e. The summed E-state index contributed by atoms with van der Waals surface area (Å²) in [5.74, 6) is 0.933. The third kappa shape index (κ3) is 4.24. The molecule has 3 aliphatic carbocycles. The summed E-state index contributed by atoms with van der Waals surface area (Å²) in [4.78, 5) is 12.7. The van der Waals surface area contributed by atoms with Crippen molar-refractivity contribution < 1.29 is 19.0 Å². The van der Waals surface area contributed by atoms with Gasteiger partial charge in [0.2, 0.25) is 5.91 Å². The minimum atomic E-state index is -0.213. The van der Waals surface area contributed by atoms with Crippen molar-refractivity contribution in [1.29, 1.82) is 0 Å². The lowest BCUT2D eigenvalue weighted by molar-refractivity contribution is -0.137. The molecule has 0 aromatic heterocycles. The van der Waals surface area contributed by atoms with Gasteiger partial charge in [-0.1, -0.05) is 19.1 Å². The minimum absolute atomic E-state index is 0.111. The fourth-order valence-electron chi connectivity index (χ4n) is 4.72. The van der Waals surface area contributed by atoms with Crippen LogP contribution in [0.25, 0.3) is 0 Å². The van der Waals surface area contributed by atoms with Crippen LogP contribution < -0.4 is 10.1 Å². The molecule has 0 heterocycles. The summed E-state index contributed by atoms with van der Waals surface area (Å²) in [6, 6.07) is 8.24. The maximum atomic E-state index is 12.7. The average molecular weight is 390 g/mol. The van der Waals surface area contributed by atoms with Crippen molar-refractivity contribution in [2.75, 3.05) is 19.8 Å². The van der Waals surface area contributed by atoms with Crippen LogP contribution in [-0.4, -0.2) is 30.8 Å². The average Bonchev–Trinajstić information content (AvgIpc) is 2.76. The van der Waals surface area contributed by atoms with E-state index in [1.165, 1.54) is 5.56 Å². The van der Waals surface area contributed by atoms with E-state index in [4.69, 9.17) is 9.84 Å². The van der Waals surface area contributed by atoms with E-state index in [-0.39, 0.29) is 30.0 Å². The Labute approximate surface area is 167 Å². The number of amides is 1. The molecule has 1 amide bonds. The van der Waals surface area contributed by atoms with Gasteiger partial charge in [0, 0.05) is 18.6 Å². The number of carbonyl (C=O) groups is 1. The number of rotatable bonds is 9. The fraction of sp³-hybridized carbons (Fsp3) is 0.609. The molecule has 28 heavy (non-hydrogen) atoms. The molecule has 4 rings (SSSR count). The number of ether oxygens (including phenoxy) is 1. The number of halogens is 1. The van der Waals surface area contributed by atoms with Crippen molar-refractivity contribution in [3.05, 3.63) is 41.7 Å². The Balaban J connectivity index is 1.60. The molecule has 3 fully saturated rings. The highest BCUT2D eigenvalue weighted by atomic mass is 19.1. The first-order valence-corrected chi connectivity index (χ1v) is 10.5. The van der Waals surface area contributed by atoms with Gasteiger partial charge >= 0.3 is 0 Å². The molecule has 0 atom stereocenters. The van der Waals surface area contributed by atoms with Crippen LogP contribution in [0.1, 0.15) is 63.9 Å². The lowest BCUT2D eigenvalue weighted by Crippen LogP contribution is -2.51.